The molecule has 0 unspecified atom stereocenters. The number of allylic oxidation sites excluding steroid dienone is 1. The van der Waals surface area contributed by atoms with Crippen LogP contribution < -0.4 is 10.7 Å². The Hall–Kier alpha value is -1.31. The summed E-state index contributed by atoms with van der Waals surface area (Å²) in [4.78, 5) is 4.30. The first-order chi connectivity index (χ1) is 5.38. The zero-order valence-corrected chi connectivity index (χ0v) is 6.49. The second kappa shape index (κ2) is 2.38. The third-order valence-corrected chi connectivity index (χ3v) is 1.85. The second-order valence-electron chi connectivity index (χ2n) is 2.66. The summed E-state index contributed by atoms with van der Waals surface area (Å²) in [6.45, 7) is 0. The van der Waals surface area contributed by atoms with Crippen LogP contribution in [0.3, 0.4) is 0 Å². The van der Waals surface area contributed by atoms with Crippen molar-refractivity contribution in [3.05, 3.63) is 35.2 Å². The summed E-state index contributed by atoms with van der Waals surface area (Å²) in [5, 5.41) is 1.23. The van der Waals surface area contributed by atoms with Gasteiger partial charge in [-0.15, -0.1) is 0 Å². The summed E-state index contributed by atoms with van der Waals surface area (Å²) >= 11 is 0. The molecular weight excluding hydrogens is 136 g/mol. The van der Waals surface area contributed by atoms with E-state index >= 15 is 0 Å². The lowest BCUT2D eigenvalue weighted by Gasteiger charge is -1.85. The fourth-order valence-corrected chi connectivity index (χ4v) is 1.24. The topological polar surface area (TPSA) is 17.3 Å². The Kier molecular flexibility index (Phi) is 1.39. The van der Waals surface area contributed by atoms with E-state index in [1.807, 2.05) is 24.0 Å². The molecule has 1 aromatic heterocycles. The van der Waals surface area contributed by atoms with Crippen LogP contribution in [-0.2, 0) is 7.05 Å². The minimum absolute atomic E-state index is 0.987. The normalized spacial score (nSPS) is 14.6. The molecule has 1 aliphatic rings. The van der Waals surface area contributed by atoms with E-state index in [0.717, 1.165) is 11.9 Å². The Labute approximate surface area is 65.2 Å². The van der Waals surface area contributed by atoms with Crippen molar-refractivity contribution in [2.75, 3.05) is 0 Å². The first kappa shape index (κ1) is 6.40. The zero-order valence-electron chi connectivity index (χ0n) is 6.49. The highest BCUT2D eigenvalue weighted by atomic mass is 15.0. The third-order valence-electron chi connectivity index (χ3n) is 1.85. The van der Waals surface area contributed by atoms with Gasteiger partial charge in [-0.05, 0) is 12.5 Å². The first-order valence-corrected chi connectivity index (χ1v) is 3.72. The second-order valence-corrected chi connectivity index (χ2v) is 2.66. The Bertz CT molecular complexity index is 396. The van der Waals surface area contributed by atoms with Crippen molar-refractivity contribution in [3.8, 4) is 0 Å². The molecule has 2 nitrogen and oxygen atoms in total. The number of fused-ring (bicyclic) bond motifs is 1. The van der Waals surface area contributed by atoms with Crippen LogP contribution in [0.15, 0.2) is 29.5 Å². The molecule has 1 aromatic rings. The van der Waals surface area contributed by atoms with Crippen molar-refractivity contribution in [1.82, 2.24) is 4.57 Å². The number of nitrogens with zero attached hydrogens (tertiary/aromatic N) is 2. The smallest absolute Gasteiger partial charge is 0.139 e. The summed E-state index contributed by atoms with van der Waals surface area (Å²) in [6, 6.07) is 2.09. The summed E-state index contributed by atoms with van der Waals surface area (Å²) < 4.78 is 2.03. The van der Waals surface area contributed by atoms with Crippen LogP contribution in [0.1, 0.15) is 6.42 Å². The molecule has 0 saturated carbocycles. The maximum atomic E-state index is 4.30. The van der Waals surface area contributed by atoms with Gasteiger partial charge in [-0.2, -0.15) is 0 Å². The molecule has 2 heterocycles. The third kappa shape index (κ3) is 1.00. The van der Waals surface area contributed by atoms with Crippen LogP contribution in [0.5, 0.6) is 0 Å². The maximum Gasteiger partial charge on any atom is 0.139 e. The lowest BCUT2D eigenvalue weighted by atomic mass is 10.3. The van der Waals surface area contributed by atoms with Gasteiger partial charge < -0.3 is 4.57 Å². The average Bonchev–Trinajstić information content (AvgIpc) is 2.25. The molecule has 0 spiro atoms. The van der Waals surface area contributed by atoms with Gasteiger partial charge in [0.25, 0.3) is 0 Å². The number of rotatable bonds is 0. The number of hydrogen-bond acceptors (Lipinski definition) is 1. The Morgan fingerprint density at radius 2 is 2.45 bits per heavy atom. The fraction of sp³-hybridized carbons (Fsp3) is 0.222. The molecule has 11 heavy (non-hydrogen) atoms. The first-order valence-electron chi connectivity index (χ1n) is 3.72. The monoisotopic (exact) mass is 146 g/mol. The van der Waals surface area contributed by atoms with Crippen LogP contribution >= 0.6 is 0 Å². The van der Waals surface area contributed by atoms with E-state index < -0.39 is 0 Å². The van der Waals surface area contributed by atoms with Gasteiger partial charge >= 0.3 is 0 Å². The molecule has 2 heteroatoms. The number of aromatic nitrogens is 1. The highest BCUT2D eigenvalue weighted by Gasteiger charge is 1.92. The van der Waals surface area contributed by atoms with Crippen molar-refractivity contribution in [2.24, 2.45) is 12.0 Å². The average molecular weight is 146 g/mol. The van der Waals surface area contributed by atoms with Gasteiger partial charge in [0.1, 0.15) is 5.49 Å². The lowest BCUT2D eigenvalue weighted by molar-refractivity contribution is 0.855. The van der Waals surface area contributed by atoms with Gasteiger partial charge in [0.15, 0.2) is 0 Å². The SMILES string of the molecule is Cn1ccc2c1=NC=CCC=2. The molecule has 0 fully saturated rings. The zero-order chi connectivity index (χ0) is 7.68. The van der Waals surface area contributed by atoms with Crippen molar-refractivity contribution in [2.45, 2.75) is 6.42 Å². The number of aryl methyl sites for hydroxylation is 1. The molecular formula is C9H10N2. The molecule has 0 aliphatic carbocycles. The van der Waals surface area contributed by atoms with Crippen LogP contribution in [0.25, 0.3) is 6.08 Å². The molecule has 0 amide bonds. The quantitative estimate of drug-likeness (QED) is 0.502. The Morgan fingerprint density at radius 3 is 3.36 bits per heavy atom. The van der Waals surface area contributed by atoms with Crippen LogP contribution in [0, 0.1) is 0 Å². The number of hydrogen-bond donors (Lipinski definition) is 0. The minimum Gasteiger partial charge on any atom is -0.336 e. The highest BCUT2D eigenvalue weighted by Crippen LogP contribution is 1.87. The molecule has 1 aliphatic heterocycles. The summed E-state index contributed by atoms with van der Waals surface area (Å²) in [7, 11) is 2.01. The molecule has 0 N–H and O–H groups in total. The van der Waals surface area contributed by atoms with Gasteiger partial charge in [0.2, 0.25) is 0 Å². The van der Waals surface area contributed by atoms with Gasteiger partial charge in [0, 0.05) is 24.7 Å². The van der Waals surface area contributed by atoms with Crippen LogP contribution in [0.2, 0.25) is 0 Å². The van der Waals surface area contributed by atoms with Crippen LogP contribution in [-0.4, -0.2) is 4.57 Å². The van der Waals surface area contributed by atoms with Crippen molar-refractivity contribution in [1.29, 1.82) is 0 Å². The predicted molar refractivity (Wildman–Crippen MR) is 44.4 cm³/mol. The van der Waals surface area contributed by atoms with Gasteiger partial charge in [0.05, 0.1) is 0 Å². The lowest BCUT2D eigenvalue weighted by Crippen LogP contribution is -2.26. The fourth-order valence-electron chi connectivity index (χ4n) is 1.24. The van der Waals surface area contributed by atoms with E-state index in [9.17, 15) is 0 Å². The van der Waals surface area contributed by atoms with E-state index in [1.165, 1.54) is 5.22 Å². The maximum absolute atomic E-state index is 4.30. The standard InChI is InChI=1S/C9H10N2/c1-11-7-5-8-4-2-3-6-10-9(8)11/h3-7H,2H2,1H3. The molecule has 0 bridgehead atoms. The van der Waals surface area contributed by atoms with Crippen molar-refractivity contribution in [3.63, 3.8) is 0 Å². The largest absolute Gasteiger partial charge is 0.336 e. The Balaban J connectivity index is 2.85. The van der Waals surface area contributed by atoms with Crippen LogP contribution in [0.4, 0.5) is 0 Å². The van der Waals surface area contributed by atoms with E-state index in [-0.39, 0.29) is 0 Å². The van der Waals surface area contributed by atoms with E-state index in [1.54, 1.807) is 0 Å². The van der Waals surface area contributed by atoms with E-state index in [0.29, 0.717) is 0 Å². The molecule has 2 rings (SSSR count). The summed E-state index contributed by atoms with van der Waals surface area (Å²) in [6.07, 6.45) is 9.12. The molecule has 0 saturated heterocycles. The van der Waals surface area contributed by atoms with Gasteiger partial charge in [-0.3, -0.25) is 0 Å². The van der Waals surface area contributed by atoms with Crippen molar-refractivity contribution >= 4 is 6.08 Å². The summed E-state index contributed by atoms with van der Waals surface area (Å²) in [5.41, 5.74) is 1.05. The highest BCUT2D eigenvalue weighted by molar-refractivity contribution is 5.26. The van der Waals surface area contributed by atoms with Crippen molar-refractivity contribution < 1.29 is 0 Å². The van der Waals surface area contributed by atoms with Gasteiger partial charge in [-0.1, -0.05) is 12.2 Å². The molecule has 56 valence electrons. The minimum atomic E-state index is 0.987. The molecule has 0 aromatic carbocycles. The molecule has 0 atom stereocenters. The Morgan fingerprint density at radius 1 is 1.55 bits per heavy atom. The molecule has 0 radical (unpaired) electrons. The van der Waals surface area contributed by atoms with E-state index in [4.69, 9.17) is 0 Å². The summed E-state index contributed by atoms with van der Waals surface area (Å²) in [5.74, 6) is 0. The van der Waals surface area contributed by atoms with E-state index in [2.05, 4.69) is 23.2 Å². The predicted octanol–water partition coefficient (Wildman–Crippen LogP) is 0.343. The van der Waals surface area contributed by atoms with Gasteiger partial charge in [-0.25, -0.2) is 4.99 Å².